The molecular weight excluding hydrogens is 467 g/mol. The number of likely N-dealkylation sites (tertiary alicyclic amines) is 1. The zero-order valence-corrected chi connectivity index (χ0v) is 19.8. The van der Waals surface area contributed by atoms with Gasteiger partial charge in [-0.15, -0.1) is 0 Å². The third-order valence-electron chi connectivity index (χ3n) is 7.08. The van der Waals surface area contributed by atoms with E-state index < -0.39 is 17.3 Å². The topological polar surface area (TPSA) is 88.3 Å². The first-order chi connectivity index (χ1) is 16.9. The van der Waals surface area contributed by atoms with Crippen molar-refractivity contribution in [3.63, 3.8) is 0 Å². The van der Waals surface area contributed by atoms with E-state index in [1.807, 2.05) is 17.0 Å². The standard InChI is InChI=1S/C27H26ClFN4O2/c28-19-7-8-21(22(29)16-19)27(11-12-27)26(35)33-15-1-2-23(33)24(30)17-3-5-18(6-4-17)25(34)32-20-9-13-31-14-10-20/h3-10,13-14,16,23-24H,1-2,11-12,15,30H2,(H,31,32,34). The summed E-state index contributed by atoms with van der Waals surface area (Å²) in [6, 6.07) is 14.5. The molecule has 0 spiro atoms. The summed E-state index contributed by atoms with van der Waals surface area (Å²) < 4.78 is 14.7. The molecule has 1 aliphatic heterocycles. The average Bonchev–Trinajstić information content (AvgIpc) is 3.52. The fourth-order valence-corrected chi connectivity index (χ4v) is 5.17. The Hall–Kier alpha value is -3.29. The van der Waals surface area contributed by atoms with Crippen molar-refractivity contribution in [2.45, 2.75) is 43.2 Å². The minimum absolute atomic E-state index is 0.0648. The molecule has 2 fully saturated rings. The molecule has 1 aliphatic carbocycles. The molecule has 5 rings (SSSR count). The fourth-order valence-electron chi connectivity index (χ4n) is 5.01. The molecule has 0 bridgehead atoms. The lowest BCUT2D eigenvalue weighted by atomic mass is 9.91. The summed E-state index contributed by atoms with van der Waals surface area (Å²) in [6.07, 6.45) is 6.07. The number of rotatable bonds is 6. The predicted molar refractivity (Wildman–Crippen MR) is 133 cm³/mol. The number of hydrogen-bond donors (Lipinski definition) is 2. The lowest BCUT2D eigenvalue weighted by molar-refractivity contribution is -0.135. The molecule has 35 heavy (non-hydrogen) atoms. The van der Waals surface area contributed by atoms with E-state index in [1.165, 1.54) is 6.07 Å². The Morgan fingerprint density at radius 3 is 2.49 bits per heavy atom. The first-order valence-electron chi connectivity index (χ1n) is 11.7. The normalized spacial score (nSPS) is 19.3. The number of hydrogen-bond acceptors (Lipinski definition) is 4. The number of halogens is 2. The van der Waals surface area contributed by atoms with Crippen LogP contribution in [0.15, 0.2) is 67.0 Å². The van der Waals surface area contributed by atoms with Crippen LogP contribution in [0.1, 0.15) is 53.2 Å². The summed E-state index contributed by atoms with van der Waals surface area (Å²) in [5.74, 6) is -0.733. The number of amides is 2. The molecule has 2 unspecified atom stereocenters. The van der Waals surface area contributed by atoms with Crippen LogP contribution in [0, 0.1) is 5.82 Å². The molecule has 2 aliphatic rings. The summed E-state index contributed by atoms with van der Waals surface area (Å²) in [7, 11) is 0. The van der Waals surface area contributed by atoms with Crippen LogP contribution >= 0.6 is 11.6 Å². The van der Waals surface area contributed by atoms with Gasteiger partial charge in [0.25, 0.3) is 5.91 Å². The Balaban J connectivity index is 1.31. The van der Waals surface area contributed by atoms with Gasteiger partial charge in [0, 0.05) is 40.8 Å². The van der Waals surface area contributed by atoms with Crippen LogP contribution in [0.5, 0.6) is 0 Å². The van der Waals surface area contributed by atoms with E-state index in [2.05, 4.69) is 10.3 Å². The molecule has 3 aromatic rings. The molecule has 8 heteroatoms. The highest BCUT2D eigenvalue weighted by Gasteiger charge is 2.56. The van der Waals surface area contributed by atoms with Crippen LogP contribution in [-0.2, 0) is 10.2 Å². The minimum atomic E-state index is -0.827. The van der Waals surface area contributed by atoms with E-state index in [1.54, 1.807) is 48.8 Å². The second-order valence-corrected chi connectivity index (χ2v) is 9.69. The molecule has 0 radical (unpaired) electrons. The average molecular weight is 493 g/mol. The fraction of sp³-hybridized carbons (Fsp3) is 0.296. The highest BCUT2D eigenvalue weighted by atomic mass is 35.5. The molecule has 1 aromatic heterocycles. The number of nitrogens with two attached hydrogens (primary N) is 1. The number of benzene rings is 2. The zero-order chi connectivity index (χ0) is 24.6. The van der Waals surface area contributed by atoms with Crippen molar-refractivity contribution in [1.82, 2.24) is 9.88 Å². The quantitative estimate of drug-likeness (QED) is 0.515. The van der Waals surface area contributed by atoms with Gasteiger partial charge in [0.1, 0.15) is 5.82 Å². The summed E-state index contributed by atoms with van der Waals surface area (Å²) in [5.41, 5.74) is 8.24. The lowest BCUT2D eigenvalue weighted by Gasteiger charge is -2.33. The monoisotopic (exact) mass is 492 g/mol. The Morgan fingerprint density at radius 1 is 1.11 bits per heavy atom. The van der Waals surface area contributed by atoms with Gasteiger partial charge >= 0.3 is 0 Å². The number of carbonyl (C=O) groups excluding carboxylic acids is 2. The van der Waals surface area contributed by atoms with Crippen molar-refractivity contribution in [2.75, 3.05) is 11.9 Å². The molecule has 3 N–H and O–H groups in total. The van der Waals surface area contributed by atoms with Gasteiger partial charge in [-0.25, -0.2) is 4.39 Å². The third kappa shape index (κ3) is 4.54. The first-order valence-corrected chi connectivity index (χ1v) is 12.1. The van der Waals surface area contributed by atoms with Crippen LogP contribution < -0.4 is 11.1 Å². The summed E-state index contributed by atoms with van der Waals surface area (Å²) in [6.45, 7) is 0.598. The van der Waals surface area contributed by atoms with Crippen molar-refractivity contribution < 1.29 is 14.0 Å². The van der Waals surface area contributed by atoms with Gasteiger partial charge in [-0.05, 0) is 67.6 Å². The maximum atomic E-state index is 14.7. The van der Waals surface area contributed by atoms with E-state index >= 15 is 0 Å². The molecule has 180 valence electrons. The van der Waals surface area contributed by atoms with Gasteiger partial charge < -0.3 is 16.0 Å². The third-order valence-corrected chi connectivity index (χ3v) is 7.31. The van der Waals surface area contributed by atoms with Crippen molar-refractivity contribution in [2.24, 2.45) is 5.73 Å². The van der Waals surface area contributed by atoms with E-state index in [9.17, 15) is 14.0 Å². The molecule has 2 aromatic carbocycles. The van der Waals surface area contributed by atoms with Gasteiger partial charge in [0.2, 0.25) is 5.91 Å². The summed E-state index contributed by atoms with van der Waals surface area (Å²) >= 11 is 5.92. The maximum Gasteiger partial charge on any atom is 0.255 e. The van der Waals surface area contributed by atoms with E-state index in [0.717, 1.165) is 18.4 Å². The molecule has 2 heterocycles. The molecular formula is C27H26ClFN4O2. The number of aromatic nitrogens is 1. The van der Waals surface area contributed by atoms with Gasteiger partial charge in [0.05, 0.1) is 17.5 Å². The zero-order valence-electron chi connectivity index (χ0n) is 19.1. The molecule has 2 amide bonds. The first kappa shape index (κ1) is 23.5. The Kier molecular flexibility index (Phi) is 6.30. The highest BCUT2D eigenvalue weighted by molar-refractivity contribution is 6.30. The van der Waals surface area contributed by atoms with Gasteiger partial charge in [0.15, 0.2) is 0 Å². The molecule has 1 saturated heterocycles. The van der Waals surface area contributed by atoms with Crippen molar-refractivity contribution in [3.8, 4) is 0 Å². The van der Waals surface area contributed by atoms with Crippen molar-refractivity contribution in [1.29, 1.82) is 0 Å². The van der Waals surface area contributed by atoms with Gasteiger partial charge in [-0.2, -0.15) is 0 Å². The Morgan fingerprint density at radius 2 is 1.83 bits per heavy atom. The molecule has 1 saturated carbocycles. The highest BCUT2D eigenvalue weighted by Crippen LogP contribution is 2.52. The van der Waals surface area contributed by atoms with E-state index in [-0.39, 0.29) is 17.9 Å². The van der Waals surface area contributed by atoms with Crippen molar-refractivity contribution in [3.05, 3.63) is 94.5 Å². The van der Waals surface area contributed by atoms with E-state index in [0.29, 0.717) is 41.2 Å². The number of nitrogens with one attached hydrogen (secondary N) is 1. The van der Waals surface area contributed by atoms with Crippen molar-refractivity contribution >= 4 is 29.1 Å². The Bertz CT molecular complexity index is 1250. The number of pyridine rings is 1. The predicted octanol–water partition coefficient (Wildman–Crippen LogP) is 4.85. The van der Waals surface area contributed by atoms with Gasteiger partial charge in [-0.1, -0.05) is 29.8 Å². The SMILES string of the molecule is NC(c1ccc(C(=O)Nc2ccncc2)cc1)C1CCCN1C(=O)C1(c2ccc(Cl)cc2F)CC1. The lowest BCUT2D eigenvalue weighted by Crippen LogP contribution is -2.46. The minimum Gasteiger partial charge on any atom is -0.337 e. The smallest absolute Gasteiger partial charge is 0.255 e. The number of carbonyl (C=O) groups is 2. The van der Waals surface area contributed by atoms with Crippen LogP contribution in [-0.4, -0.2) is 34.3 Å². The van der Waals surface area contributed by atoms with Crippen LogP contribution in [0.4, 0.5) is 10.1 Å². The Labute approximate surface area is 208 Å². The van der Waals surface area contributed by atoms with Crippen LogP contribution in [0.3, 0.4) is 0 Å². The molecule has 6 nitrogen and oxygen atoms in total. The molecule has 2 atom stereocenters. The summed E-state index contributed by atoms with van der Waals surface area (Å²) in [4.78, 5) is 32.0. The van der Waals surface area contributed by atoms with Crippen LogP contribution in [0.2, 0.25) is 5.02 Å². The van der Waals surface area contributed by atoms with Gasteiger partial charge in [-0.3, -0.25) is 14.6 Å². The van der Waals surface area contributed by atoms with E-state index in [4.69, 9.17) is 17.3 Å². The second kappa shape index (κ2) is 9.40. The summed E-state index contributed by atoms with van der Waals surface area (Å²) in [5, 5.41) is 3.14. The maximum absolute atomic E-state index is 14.7. The number of nitrogens with zero attached hydrogens (tertiary/aromatic N) is 2. The number of anilines is 1. The van der Waals surface area contributed by atoms with Crippen LogP contribution in [0.25, 0.3) is 0 Å². The largest absolute Gasteiger partial charge is 0.337 e. The second-order valence-electron chi connectivity index (χ2n) is 9.25.